The van der Waals surface area contributed by atoms with E-state index in [2.05, 4.69) is 5.32 Å². The molecule has 0 spiro atoms. The van der Waals surface area contributed by atoms with Gasteiger partial charge < -0.3 is 5.32 Å². The van der Waals surface area contributed by atoms with Gasteiger partial charge in [0.2, 0.25) is 15.9 Å². The van der Waals surface area contributed by atoms with E-state index in [1.54, 1.807) is 0 Å². The van der Waals surface area contributed by atoms with Crippen LogP contribution in [0.1, 0.15) is 13.3 Å². The van der Waals surface area contributed by atoms with Crippen molar-refractivity contribution in [1.82, 2.24) is 0 Å². The molecule has 0 bridgehead atoms. The van der Waals surface area contributed by atoms with E-state index in [0.29, 0.717) is 18.6 Å². The molecule has 1 fully saturated rings. The second kappa shape index (κ2) is 4.53. The fourth-order valence-corrected chi connectivity index (χ4v) is 2.27. The first kappa shape index (κ1) is 13.9. The molecule has 2 rings (SSSR count). The van der Waals surface area contributed by atoms with Crippen molar-refractivity contribution in [3.8, 4) is 0 Å². The highest BCUT2D eigenvalue weighted by Gasteiger charge is 2.39. The lowest BCUT2D eigenvalue weighted by Crippen LogP contribution is -2.18. The molecule has 5 nitrogen and oxygen atoms in total. The maximum Gasteiger partial charge on any atom is 0.238 e. The van der Waals surface area contributed by atoms with Crippen LogP contribution in [-0.4, -0.2) is 14.3 Å². The van der Waals surface area contributed by atoms with Crippen LogP contribution < -0.4 is 10.5 Å². The molecule has 0 aliphatic heterocycles. The number of halogens is 2. The first-order chi connectivity index (χ1) is 8.70. The molecule has 0 radical (unpaired) electrons. The van der Waals surface area contributed by atoms with E-state index in [1.807, 2.05) is 6.92 Å². The van der Waals surface area contributed by atoms with Crippen LogP contribution in [0.5, 0.6) is 0 Å². The summed E-state index contributed by atoms with van der Waals surface area (Å²) >= 11 is 0. The third-order valence-electron chi connectivity index (χ3n) is 3.04. The molecule has 1 aromatic carbocycles. The Kier molecular flexibility index (Phi) is 3.31. The minimum atomic E-state index is -4.20. The summed E-state index contributed by atoms with van der Waals surface area (Å²) in [6.07, 6.45) is 0.671. The number of carbonyl (C=O) groups is 1. The molecule has 3 N–H and O–H groups in total. The first-order valence-corrected chi connectivity index (χ1v) is 7.07. The highest BCUT2D eigenvalue weighted by atomic mass is 32.2. The van der Waals surface area contributed by atoms with E-state index >= 15 is 0 Å². The van der Waals surface area contributed by atoms with Gasteiger partial charge in [-0.05, 0) is 24.5 Å². The van der Waals surface area contributed by atoms with Crippen molar-refractivity contribution in [3.63, 3.8) is 0 Å². The summed E-state index contributed by atoms with van der Waals surface area (Å²) < 4.78 is 49.2. The lowest BCUT2D eigenvalue weighted by atomic mass is 10.2. The molecule has 0 saturated heterocycles. The maximum atomic E-state index is 13.6. The Balaban J connectivity index is 2.30. The number of sulfonamides is 1. The van der Waals surface area contributed by atoms with Crippen molar-refractivity contribution in [2.45, 2.75) is 18.2 Å². The van der Waals surface area contributed by atoms with Gasteiger partial charge in [-0.1, -0.05) is 6.92 Å². The lowest BCUT2D eigenvalue weighted by molar-refractivity contribution is -0.117. The lowest BCUT2D eigenvalue weighted by Gasteiger charge is -2.08. The summed E-state index contributed by atoms with van der Waals surface area (Å²) in [5, 5.41) is 6.90. The first-order valence-electron chi connectivity index (χ1n) is 5.53. The Morgan fingerprint density at radius 1 is 1.37 bits per heavy atom. The number of carbonyl (C=O) groups excluding carboxylic acids is 1. The van der Waals surface area contributed by atoms with Crippen molar-refractivity contribution in [1.29, 1.82) is 0 Å². The largest absolute Gasteiger partial charge is 0.321 e. The van der Waals surface area contributed by atoms with Crippen LogP contribution in [0, 0.1) is 23.5 Å². The zero-order valence-corrected chi connectivity index (χ0v) is 10.8. The van der Waals surface area contributed by atoms with E-state index in [9.17, 15) is 22.0 Å². The molecular formula is C11H12F2N2O3S. The van der Waals surface area contributed by atoms with Gasteiger partial charge in [-0.15, -0.1) is 0 Å². The zero-order chi connectivity index (χ0) is 14.4. The van der Waals surface area contributed by atoms with Crippen molar-refractivity contribution >= 4 is 21.6 Å². The van der Waals surface area contributed by atoms with Crippen LogP contribution in [0.4, 0.5) is 14.5 Å². The van der Waals surface area contributed by atoms with Gasteiger partial charge in [-0.2, -0.15) is 0 Å². The van der Waals surface area contributed by atoms with Crippen LogP contribution in [0.3, 0.4) is 0 Å². The van der Waals surface area contributed by atoms with Gasteiger partial charge in [-0.3, -0.25) is 4.79 Å². The van der Waals surface area contributed by atoms with Crippen molar-refractivity contribution < 1.29 is 22.0 Å². The van der Waals surface area contributed by atoms with Gasteiger partial charge in [-0.25, -0.2) is 22.3 Å². The van der Waals surface area contributed by atoms with Gasteiger partial charge in [0.15, 0.2) is 11.6 Å². The Bertz CT molecular complexity index is 622. The van der Waals surface area contributed by atoms with Gasteiger partial charge in [0.1, 0.15) is 5.69 Å². The van der Waals surface area contributed by atoms with Crippen molar-refractivity contribution in [3.05, 3.63) is 23.8 Å². The third-order valence-corrected chi connectivity index (χ3v) is 3.93. The highest BCUT2D eigenvalue weighted by molar-refractivity contribution is 7.89. The third kappa shape index (κ3) is 2.90. The van der Waals surface area contributed by atoms with E-state index in [1.165, 1.54) is 0 Å². The summed E-state index contributed by atoms with van der Waals surface area (Å²) in [6.45, 7) is 1.85. The summed E-state index contributed by atoms with van der Waals surface area (Å²) in [6, 6.07) is 1.15. The molecule has 1 aliphatic carbocycles. The average molecular weight is 290 g/mol. The van der Waals surface area contributed by atoms with Crippen LogP contribution in [0.25, 0.3) is 0 Å². The minimum Gasteiger partial charge on any atom is -0.321 e. The van der Waals surface area contributed by atoms with Crippen molar-refractivity contribution in [2.75, 3.05) is 5.32 Å². The van der Waals surface area contributed by atoms with Crippen molar-refractivity contribution in [2.24, 2.45) is 17.0 Å². The predicted molar refractivity (Wildman–Crippen MR) is 63.6 cm³/mol. The maximum absolute atomic E-state index is 13.6. The van der Waals surface area contributed by atoms with E-state index in [-0.39, 0.29) is 11.8 Å². The number of anilines is 1. The molecule has 1 amide bonds. The van der Waals surface area contributed by atoms with Gasteiger partial charge in [0.05, 0.1) is 4.90 Å². The normalized spacial score (nSPS) is 22.1. The number of hydrogen-bond donors (Lipinski definition) is 2. The molecule has 1 saturated carbocycles. The summed E-state index contributed by atoms with van der Waals surface area (Å²) in [5.41, 5.74) is -0.656. The van der Waals surface area contributed by atoms with E-state index in [0.717, 1.165) is 0 Å². The number of nitrogens with one attached hydrogen (secondary N) is 1. The molecule has 104 valence electrons. The molecule has 2 unspecified atom stereocenters. The summed E-state index contributed by atoms with van der Waals surface area (Å²) in [5.74, 6) is -2.89. The highest BCUT2D eigenvalue weighted by Crippen LogP contribution is 2.38. The molecule has 0 aromatic heterocycles. The SMILES string of the molecule is CC1CC1C(=O)Nc1c(F)cc(S(N)(=O)=O)cc1F. The van der Waals surface area contributed by atoms with Crippen LogP contribution in [0.15, 0.2) is 17.0 Å². The van der Waals surface area contributed by atoms with Gasteiger partial charge in [0.25, 0.3) is 0 Å². The number of rotatable bonds is 3. The Labute approximate surface area is 108 Å². The van der Waals surface area contributed by atoms with Crippen LogP contribution in [-0.2, 0) is 14.8 Å². The number of nitrogens with two attached hydrogens (primary N) is 1. The molecule has 1 aromatic rings. The monoisotopic (exact) mass is 290 g/mol. The van der Waals surface area contributed by atoms with E-state index in [4.69, 9.17) is 5.14 Å². The van der Waals surface area contributed by atoms with E-state index < -0.39 is 38.1 Å². The smallest absolute Gasteiger partial charge is 0.238 e. The quantitative estimate of drug-likeness (QED) is 0.876. The summed E-state index contributed by atoms with van der Waals surface area (Å²) in [7, 11) is -4.20. The molecule has 19 heavy (non-hydrogen) atoms. The summed E-state index contributed by atoms with van der Waals surface area (Å²) in [4.78, 5) is 10.9. The molecule has 0 heterocycles. The van der Waals surface area contributed by atoms with Gasteiger partial charge in [0, 0.05) is 5.92 Å². The average Bonchev–Trinajstić information content (AvgIpc) is 2.99. The fourth-order valence-electron chi connectivity index (χ4n) is 1.74. The number of primary sulfonamides is 1. The zero-order valence-electron chi connectivity index (χ0n) is 9.98. The Morgan fingerprint density at radius 2 is 1.84 bits per heavy atom. The second-order valence-electron chi connectivity index (χ2n) is 4.62. The van der Waals surface area contributed by atoms with Gasteiger partial charge >= 0.3 is 0 Å². The standard InChI is InChI=1S/C11H12F2N2O3S/c1-5-2-7(5)11(16)15-10-8(12)3-6(4-9(10)13)19(14,17)18/h3-5,7H,2H2,1H3,(H,15,16)(H2,14,17,18). The molecule has 1 aliphatic rings. The number of hydrogen-bond acceptors (Lipinski definition) is 3. The van der Waals surface area contributed by atoms with Crippen LogP contribution in [0.2, 0.25) is 0 Å². The topological polar surface area (TPSA) is 89.3 Å². The second-order valence-corrected chi connectivity index (χ2v) is 6.18. The predicted octanol–water partition coefficient (Wildman–Crippen LogP) is 1.21. The molecule has 8 heteroatoms. The van der Waals surface area contributed by atoms with Crippen LogP contribution >= 0.6 is 0 Å². The number of amides is 1. The minimum absolute atomic E-state index is 0.190. The fraction of sp³-hybridized carbons (Fsp3) is 0.364. The molecular weight excluding hydrogens is 278 g/mol. The Hall–Kier alpha value is -1.54. The Morgan fingerprint density at radius 3 is 2.21 bits per heavy atom. The number of benzene rings is 1. The molecule has 2 atom stereocenters.